The molecule has 3 aliphatic rings. The lowest BCUT2D eigenvalue weighted by Crippen LogP contribution is -2.69. The number of aliphatic hydroxyl groups is 2. The predicted octanol–water partition coefficient (Wildman–Crippen LogP) is 0.922. The Labute approximate surface area is 255 Å². The van der Waals surface area contributed by atoms with Crippen LogP contribution >= 0.6 is 0 Å². The third-order valence-corrected chi connectivity index (χ3v) is 9.13. The van der Waals surface area contributed by atoms with Crippen LogP contribution in [0, 0.1) is 23.2 Å². The Balaban J connectivity index is 2.48. The summed E-state index contributed by atoms with van der Waals surface area (Å²) < 4.78 is 33.9. The normalized spacial score (nSPS) is 39.6. The van der Waals surface area contributed by atoms with E-state index in [9.17, 15) is 39.0 Å². The maximum Gasteiger partial charge on any atom is 0.312 e. The van der Waals surface area contributed by atoms with E-state index in [4.69, 9.17) is 28.4 Å². The summed E-state index contributed by atoms with van der Waals surface area (Å²) in [4.78, 5) is 74.9. The second-order valence-electron chi connectivity index (χ2n) is 12.1. The summed E-state index contributed by atoms with van der Waals surface area (Å²) in [7, 11) is 0. The predicted molar refractivity (Wildman–Crippen MR) is 147 cm³/mol. The van der Waals surface area contributed by atoms with Gasteiger partial charge in [-0.1, -0.05) is 13.8 Å². The first-order valence-electron chi connectivity index (χ1n) is 14.5. The van der Waals surface area contributed by atoms with Crippen LogP contribution in [-0.4, -0.2) is 94.9 Å². The third kappa shape index (κ3) is 6.75. The summed E-state index contributed by atoms with van der Waals surface area (Å²) in [6, 6.07) is 0. The Hall–Kier alpha value is -3.52. The van der Waals surface area contributed by atoms with Crippen LogP contribution in [0.5, 0.6) is 0 Å². The molecule has 0 amide bonds. The Morgan fingerprint density at radius 3 is 1.89 bits per heavy atom. The molecule has 14 nitrogen and oxygen atoms in total. The SMILES string of the molecule is CC(=O)OC/C1=C/[C@@H]2OC(=O)[C@H](C)[C@@]2(O)[C@H](OC(C)=O)[C@H]2[C@@H](C)[C@@H](O)C[C@H](OC(C)=O)[C@]2(C)[C@@H](OC(C)=O)C[C@H]1OC(C)=O. The zero-order chi connectivity index (χ0) is 33.3. The number of aliphatic hydroxyl groups excluding tert-OH is 1. The van der Waals surface area contributed by atoms with Gasteiger partial charge >= 0.3 is 35.8 Å². The van der Waals surface area contributed by atoms with E-state index in [0.717, 1.165) is 34.6 Å². The van der Waals surface area contributed by atoms with Crippen molar-refractivity contribution in [3.8, 4) is 0 Å². The quantitative estimate of drug-likeness (QED) is 0.240. The van der Waals surface area contributed by atoms with Gasteiger partial charge in [0.2, 0.25) is 0 Å². The van der Waals surface area contributed by atoms with Crippen molar-refractivity contribution in [2.45, 2.75) is 110 Å². The van der Waals surface area contributed by atoms with E-state index < -0.39 is 108 Å². The second-order valence-corrected chi connectivity index (χ2v) is 12.1. The van der Waals surface area contributed by atoms with E-state index in [0.29, 0.717) is 0 Å². The van der Waals surface area contributed by atoms with Gasteiger partial charge in [0.05, 0.1) is 12.0 Å². The molecule has 3 rings (SSSR count). The molecule has 246 valence electrons. The summed E-state index contributed by atoms with van der Waals surface area (Å²) in [6.07, 6.45) is -7.15. The maximum absolute atomic E-state index is 13.1. The van der Waals surface area contributed by atoms with Crippen molar-refractivity contribution in [3.63, 3.8) is 0 Å². The van der Waals surface area contributed by atoms with Crippen LogP contribution in [0.2, 0.25) is 0 Å². The topological polar surface area (TPSA) is 198 Å². The molecular formula is C30H42O14. The van der Waals surface area contributed by atoms with Gasteiger partial charge < -0.3 is 38.6 Å². The van der Waals surface area contributed by atoms with Gasteiger partial charge in [0.25, 0.3) is 0 Å². The van der Waals surface area contributed by atoms with E-state index in [1.807, 2.05) is 0 Å². The van der Waals surface area contributed by atoms with Crippen LogP contribution in [0.1, 0.15) is 68.2 Å². The van der Waals surface area contributed by atoms with Crippen molar-refractivity contribution in [2.24, 2.45) is 23.2 Å². The number of carbonyl (C=O) groups excluding carboxylic acids is 6. The number of rotatable bonds is 6. The first kappa shape index (κ1) is 35.0. The second kappa shape index (κ2) is 13.2. The van der Waals surface area contributed by atoms with Gasteiger partial charge in [-0.05, 0) is 18.9 Å². The molecule has 0 unspecified atom stereocenters. The Morgan fingerprint density at radius 2 is 1.39 bits per heavy atom. The first-order valence-corrected chi connectivity index (χ1v) is 14.5. The average molecular weight is 627 g/mol. The molecule has 14 heteroatoms. The lowest BCUT2D eigenvalue weighted by Gasteiger charge is -2.58. The number of hydrogen-bond donors (Lipinski definition) is 2. The largest absolute Gasteiger partial charge is 0.462 e. The fraction of sp³-hybridized carbons (Fsp3) is 0.733. The molecule has 0 aromatic rings. The van der Waals surface area contributed by atoms with Crippen molar-refractivity contribution in [3.05, 3.63) is 11.6 Å². The van der Waals surface area contributed by atoms with Crippen molar-refractivity contribution < 1.29 is 67.4 Å². The fourth-order valence-electron chi connectivity index (χ4n) is 7.00. The highest BCUT2D eigenvalue weighted by molar-refractivity contribution is 5.78. The summed E-state index contributed by atoms with van der Waals surface area (Å²) in [5.41, 5.74) is -3.79. The average Bonchev–Trinajstić information content (AvgIpc) is 3.10. The summed E-state index contributed by atoms with van der Waals surface area (Å²) in [5.74, 6) is -7.88. The van der Waals surface area contributed by atoms with Gasteiger partial charge in [-0.25, -0.2) is 0 Å². The standard InChI is InChI=1S/C30H42O14/c1-13-21(36)10-23(41-17(5)33)29(8)24(42-18(6)34)11-22(40-16(4)32)20(12-39-15(3)31)9-25-30(38,14(2)28(37)44-25)27(26(13)29)43-19(7)35/h9,13-14,21-27,36,38H,10-12H2,1-8H3/b20-9-/t13-,14-,21-,22+,23-,24-,25-,26+,27+,29+,30-/m0/s1. The highest BCUT2D eigenvalue weighted by Gasteiger charge is 2.69. The minimum absolute atomic E-state index is 0.0782. The van der Waals surface area contributed by atoms with E-state index in [2.05, 4.69) is 0 Å². The Kier molecular flexibility index (Phi) is 10.5. The van der Waals surface area contributed by atoms with Gasteiger partial charge in [-0.15, -0.1) is 0 Å². The minimum atomic E-state index is -2.32. The molecule has 0 radical (unpaired) electrons. The maximum atomic E-state index is 13.1. The molecule has 0 aromatic carbocycles. The van der Waals surface area contributed by atoms with Gasteiger partial charge in [0, 0.05) is 64.4 Å². The third-order valence-electron chi connectivity index (χ3n) is 9.13. The first-order chi connectivity index (χ1) is 20.3. The lowest BCUT2D eigenvalue weighted by molar-refractivity contribution is -0.252. The van der Waals surface area contributed by atoms with Crippen molar-refractivity contribution >= 4 is 35.8 Å². The van der Waals surface area contributed by atoms with Crippen molar-refractivity contribution in [1.82, 2.24) is 0 Å². The van der Waals surface area contributed by atoms with Crippen LogP contribution in [0.15, 0.2) is 11.6 Å². The van der Waals surface area contributed by atoms with Gasteiger partial charge in [0.1, 0.15) is 31.0 Å². The van der Waals surface area contributed by atoms with E-state index >= 15 is 0 Å². The molecule has 11 atom stereocenters. The van der Waals surface area contributed by atoms with Crippen molar-refractivity contribution in [2.75, 3.05) is 6.61 Å². The number of carbonyl (C=O) groups is 6. The molecule has 0 bridgehead atoms. The summed E-state index contributed by atoms with van der Waals surface area (Å²) >= 11 is 0. The zero-order valence-corrected chi connectivity index (χ0v) is 26.2. The number of hydrogen-bond acceptors (Lipinski definition) is 14. The van der Waals surface area contributed by atoms with Crippen LogP contribution in [0.4, 0.5) is 0 Å². The molecular weight excluding hydrogens is 584 g/mol. The van der Waals surface area contributed by atoms with Crippen LogP contribution in [0.25, 0.3) is 0 Å². The highest BCUT2D eigenvalue weighted by atomic mass is 16.6. The molecule has 0 spiro atoms. The van der Waals surface area contributed by atoms with Crippen LogP contribution in [-0.2, 0) is 57.2 Å². The van der Waals surface area contributed by atoms with E-state index in [-0.39, 0.29) is 18.4 Å². The molecule has 2 fully saturated rings. The number of esters is 6. The smallest absolute Gasteiger partial charge is 0.312 e. The molecule has 1 heterocycles. The van der Waals surface area contributed by atoms with Crippen molar-refractivity contribution in [1.29, 1.82) is 0 Å². The number of ether oxygens (including phenoxy) is 6. The monoisotopic (exact) mass is 626 g/mol. The minimum Gasteiger partial charge on any atom is -0.462 e. The van der Waals surface area contributed by atoms with Gasteiger partial charge in [-0.3, -0.25) is 28.8 Å². The lowest BCUT2D eigenvalue weighted by atomic mass is 9.52. The molecule has 2 aliphatic carbocycles. The molecule has 1 saturated carbocycles. The summed E-state index contributed by atoms with van der Waals surface area (Å²) in [5, 5.41) is 23.8. The number of fused-ring (bicyclic) bond motifs is 2. The van der Waals surface area contributed by atoms with Crippen LogP contribution in [0.3, 0.4) is 0 Å². The van der Waals surface area contributed by atoms with Gasteiger partial charge in [0.15, 0.2) is 11.7 Å². The molecule has 44 heavy (non-hydrogen) atoms. The van der Waals surface area contributed by atoms with Gasteiger partial charge in [-0.2, -0.15) is 0 Å². The molecule has 1 aliphatic heterocycles. The molecule has 0 aromatic heterocycles. The zero-order valence-electron chi connectivity index (χ0n) is 26.2. The molecule has 1 saturated heterocycles. The summed E-state index contributed by atoms with van der Waals surface area (Å²) in [6.45, 7) is 9.83. The Bertz CT molecular complexity index is 1210. The molecule has 2 N–H and O–H groups in total. The highest BCUT2D eigenvalue weighted by Crippen LogP contribution is 2.56. The van der Waals surface area contributed by atoms with Crippen LogP contribution < -0.4 is 0 Å². The fourth-order valence-corrected chi connectivity index (χ4v) is 7.00. The Morgan fingerprint density at radius 1 is 0.864 bits per heavy atom. The van der Waals surface area contributed by atoms with E-state index in [1.54, 1.807) is 13.8 Å². The van der Waals surface area contributed by atoms with E-state index in [1.165, 1.54) is 13.0 Å².